The van der Waals surface area contributed by atoms with Crippen LogP contribution < -0.4 is 5.32 Å². The summed E-state index contributed by atoms with van der Waals surface area (Å²) in [6, 6.07) is 7.51. The molecule has 0 amide bonds. The summed E-state index contributed by atoms with van der Waals surface area (Å²) >= 11 is 0. The van der Waals surface area contributed by atoms with Crippen LogP contribution in [0.2, 0.25) is 0 Å². The molecule has 1 aliphatic rings. The van der Waals surface area contributed by atoms with Crippen LogP contribution in [0.25, 0.3) is 11.4 Å². The van der Waals surface area contributed by atoms with Gasteiger partial charge in [-0.15, -0.1) is 0 Å². The normalized spacial score (nSPS) is 17.1. The fourth-order valence-corrected chi connectivity index (χ4v) is 2.50. The molecule has 1 unspecified atom stereocenters. The standard InChI is InChI=1S/C16H16N6O2/c1-2-7-17-11(4-1)12-6-8-18-16(20-12)19-10-14-21-15(24-22-14)13-5-3-9-23-13/h1-2,4,6-8,13H,3,5,9-10H2,(H,18,19,20). The number of pyridine rings is 1. The Morgan fingerprint density at radius 3 is 2.92 bits per heavy atom. The van der Waals surface area contributed by atoms with Crippen molar-refractivity contribution in [3.05, 3.63) is 48.4 Å². The summed E-state index contributed by atoms with van der Waals surface area (Å²) in [5, 5.41) is 7.06. The molecule has 1 N–H and O–H groups in total. The SMILES string of the molecule is c1ccc(-c2ccnc(NCc3noc(C4CCCO4)n3)n2)nc1. The van der Waals surface area contributed by atoms with E-state index in [2.05, 4.69) is 30.4 Å². The van der Waals surface area contributed by atoms with Gasteiger partial charge in [-0.1, -0.05) is 11.2 Å². The molecule has 1 atom stereocenters. The highest BCUT2D eigenvalue weighted by Crippen LogP contribution is 2.26. The maximum absolute atomic E-state index is 5.53. The monoisotopic (exact) mass is 324 g/mol. The Kier molecular flexibility index (Phi) is 4.11. The molecule has 0 spiro atoms. The molecule has 0 bridgehead atoms. The van der Waals surface area contributed by atoms with E-state index < -0.39 is 0 Å². The first-order valence-corrected chi connectivity index (χ1v) is 7.81. The zero-order valence-corrected chi connectivity index (χ0v) is 12.9. The van der Waals surface area contributed by atoms with Crippen LogP contribution in [-0.4, -0.2) is 31.7 Å². The van der Waals surface area contributed by atoms with Crippen molar-refractivity contribution in [1.29, 1.82) is 0 Å². The van der Waals surface area contributed by atoms with E-state index in [-0.39, 0.29) is 6.10 Å². The van der Waals surface area contributed by atoms with Gasteiger partial charge in [0.1, 0.15) is 6.10 Å². The number of hydrogen-bond donors (Lipinski definition) is 1. The van der Waals surface area contributed by atoms with E-state index in [9.17, 15) is 0 Å². The predicted molar refractivity (Wildman–Crippen MR) is 84.8 cm³/mol. The molecule has 1 saturated heterocycles. The second-order valence-electron chi connectivity index (χ2n) is 5.38. The van der Waals surface area contributed by atoms with Crippen LogP contribution in [0.3, 0.4) is 0 Å². The van der Waals surface area contributed by atoms with Gasteiger partial charge in [-0.3, -0.25) is 4.98 Å². The number of rotatable bonds is 5. The zero-order valence-electron chi connectivity index (χ0n) is 12.9. The van der Waals surface area contributed by atoms with E-state index >= 15 is 0 Å². The summed E-state index contributed by atoms with van der Waals surface area (Å²) in [4.78, 5) is 17.3. The van der Waals surface area contributed by atoms with Gasteiger partial charge in [0.05, 0.1) is 17.9 Å². The minimum absolute atomic E-state index is 0.0741. The molecule has 122 valence electrons. The second kappa shape index (κ2) is 6.71. The van der Waals surface area contributed by atoms with Crippen LogP contribution in [0.1, 0.15) is 30.7 Å². The number of nitrogens with zero attached hydrogens (tertiary/aromatic N) is 5. The maximum atomic E-state index is 5.53. The third-order valence-electron chi connectivity index (χ3n) is 3.68. The number of aromatic nitrogens is 5. The summed E-state index contributed by atoms with van der Waals surface area (Å²) < 4.78 is 10.8. The lowest BCUT2D eigenvalue weighted by Gasteiger charge is -2.04. The number of ether oxygens (including phenoxy) is 1. The van der Waals surface area contributed by atoms with E-state index in [1.807, 2.05) is 24.3 Å². The smallest absolute Gasteiger partial charge is 0.255 e. The van der Waals surface area contributed by atoms with Crippen molar-refractivity contribution in [2.45, 2.75) is 25.5 Å². The van der Waals surface area contributed by atoms with Gasteiger partial charge in [0.2, 0.25) is 5.95 Å². The lowest BCUT2D eigenvalue weighted by molar-refractivity contribution is 0.0835. The van der Waals surface area contributed by atoms with Crippen LogP contribution in [0.5, 0.6) is 0 Å². The second-order valence-corrected chi connectivity index (χ2v) is 5.38. The van der Waals surface area contributed by atoms with Crippen molar-refractivity contribution in [3.8, 4) is 11.4 Å². The Balaban J connectivity index is 1.43. The van der Waals surface area contributed by atoms with Crippen molar-refractivity contribution in [3.63, 3.8) is 0 Å². The van der Waals surface area contributed by atoms with Crippen LogP contribution in [0, 0.1) is 0 Å². The molecule has 0 saturated carbocycles. The lowest BCUT2D eigenvalue weighted by atomic mass is 10.2. The summed E-state index contributed by atoms with van der Waals surface area (Å²) in [6.45, 7) is 1.12. The highest BCUT2D eigenvalue weighted by atomic mass is 16.5. The minimum atomic E-state index is -0.0741. The number of nitrogens with one attached hydrogen (secondary N) is 1. The first-order chi connectivity index (χ1) is 11.9. The molecule has 1 aliphatic heterocycles. The minimum Gasteiger partial charge on any atom is -0.368 e. The highest BCUT2D eigenvalue weighted by Gasteiger charge is 2.23. The zero-order chi connectivity index (χ0) is 16.2. The Morgan fingerprint density at radius 2 is 2.08 bits per heavy atom. The first kappa shape index (κ1) is 14.7. The lowest BCUT2D eigenvalue weighted by Crippen LogP contribution is -2.06. The van der Waals surface area contributed by atoms with Crippen LogP contribution in [0.15, 0.2) is 41.2 Å². The molecule has 1 fully saturated rings. The third kappa shape index (κ3) is 3.23. The van der Waals surface area contributed by atoms with E-state index in [1.165, 1.54) is 0 Å². The molecule has 0 radical (unpaired) electrons. The average Bonchev–Trinajstić information content (AvgIpc) is 3.32. The summed E-state index contributed by atoms with van der Waals surface area (Å²) in [5.41, 5.74) is 1.55. The molecule has 8 nitrogen and oxygen atoms in total. The molecule has 3 aromatic heterocycles. The quantitative estimate of drug-likeness (QED) is 0.763. The Morgan fingerprint density at radius 1 is 1.08 bits per heavy atom. The Hall–Kier alpha value is -2.87. The molecule has 3 aromatic rings. The summed E-state index contributed by atoms with van der Waals surface area (Å²) in [6.07, 6.45) is 5.29. The van der Waals surface area contributed by atoms with Crippen molar-refractivity contribution in [1.82, 2.24) is 25.1 Å². The largest absolute Gasteiger partial charge is 0.368 e. The molecule has 8 heteroatoms. The summed E-state index contributed by atoms with van der Waals surface area (Å²) in [5.74, 6) is 1.57. The van der Waals surface area contributed by atoms with Gasteiger partial charge < -0.3 is 14.6 Å². The predicted octanol–water partition coefficient (Wildman–Crippen LogP) is 2.39. The van der Waals surface area contributed by atoms with Gasteiger partial charge >= 0.3 is 0 Å². The van der Waals surface area contributed by atoms with Crippen molar-refractivity contribution in [2.24, 2.45) is 0 Å². The van der Waals surface area contributed by atoms with Gasteiger partial charge in [0.25, 0.3) is 5.89 Å². The van der Waals surface area contributed by atoms with Crippen LogP contribution >= 0.6 is 0 Å². The van der Waals surface area contributed by atoms with Gasteiger partial charge in [-0.2, -0.15) is 4.98 Å². The number of anilines is 1. The van der Waals surface area contributed by atoms with E-state index in [0.29, 0.717) is 24.2 Å². The molecule has 24 heavy (non-hydrogen) atoms. The van der Waals surface area contributed by atoms with Gasteiger partial charge in [-0.05, 0) is 31.0 Å². The molecular weight excluding hydrogens is 308 g/mol. The Labute approximate surface area is 138 Å². The fourth-order valence-electron chi connectivity index (χ4n) is 2.50. The maximum Gasteiger partial charge on any atom is 0.255 e. The fraction of sp³-hybridized carbons (Fsp3) is 0.312. The van der Waals surface area contributed by atoms with Crippen molar-refractivity contribution in [2.75, 3.05) is 11.9 Å². The molecule has 4 heterocycles. The van der Waals surface area contributed by atoms with Crippen molar-refractivity contribution >= 4 is 5.95 Å². The Bertz CT molecular complexity index is 801. The van der Waals surface area contributed by atoms with E-state index in [4.69, 9.17) is 9.26 Å². The third-order valence-corrected chi connectivity index (χ3v) is 3.68. The first-order valence-electron chi connectivity index (χ1n) is 7.81. The average molecular weight is 324 g/mol. The number of hydrogen-bond acceptors (Lipinski definition) is 8. The van der Waals surface area contributed by atoms with E-state index in [1.54, 1.807) is 12.4 Å². The van der Waals surface area contributed by atoms with E-state index in [0.717, 1.165) is 30.8 Å². The van der Waals surface area contributed by atoms with Gasteiger partial charge in [-0.25, -0.2) is 9.97 Å². The van der Waals surface area contributed by atoms with Crippen molar-refractivity contribution < 1.29 is 9.26 Å². The molecule has 0 aromatic carbocycles. The highest BCUT2D eigenvalue weighted by molar-refractivity contribution is 5.54. The summed E-state index contributed by atoms with van der Waals surface area (Å²) in [7, 11) is 0. The topological polar surface area (TPSA) is 98.9 Å². The molecule has 0 aliphatic carbocycles. The molecular formula is C16H16N6O2. The van der Waals surface area contributed by atoms with Crippen LogP contribution in [0.4, 0.5) is 5.95 Å². The van der Waals surface area contributed by atoms with Crippen LogP contribution in [-0.2, 0) is 11.3 Å². The van der Waals surface area contributed by atoms with Gasteiger partial charge in [0.15, 0.2) is 5.82 Å². The van der Waals surface area contributed by atoms with Gasteiger partial charge in [0, 0.05) is 19.0 Å². The molecule has 4 rings (SSSR count).